The monoisotopic (exact) mass is 357 g/mol. The van der Waals surface area contributed by atoms with Gasteiger partial charge in [-0.3, -0.25) is 0 Å². The lowest BCUT2D eigenvalue weighted by atomic mass is 10.0. The van der Waals surface area contributed by atoms with E-state index in [-0.39, 0.29) is 11.9 Å². The third-order valence-electron chi connectivity index (χ3n) is 3.09. The Bertz CT molecular complexity index is 580. The summed E-state index contributed by atoms with van der Waals surface area (Å²) in [6, 6.07) is 6.80. The summed E-state index contributed by atoms with van der Waals surface area (Å²) in [5.41, 5.74) is 1.72. The van der Waals surface area contributed by atoms with Gasteiger partial charge in [-0.25, -0.2) is 4.39 Å². The first kappa shape index (κ1) is 15.5. The minimum absolute atomic E-state index is 0.203. The van der Waals surface area contributed by atoms with Crippen LogP contribution in [0.15, 0.2) is 28.1 Å². The Morgan fingerprint density at radius 3 is 2.75 bits per heavy atom. The predicted octanol–water partition coefficient (Wildman–Crippen LogP) is 4.67. The van der Waals surface area contributed by atoms with E-state index in [2.05, 4.69) is 27.3 Å². The number of halogens is 2. The molecule has 0 amide bonds. The second-order valence-corrected chi connectivity index (χ2v) is 6.85. The van der Waals surface area contributed by atoms with E-state index in [0.29, 0.717) is 11.3 Å². The van der Waals surface area contributed by atoms with Crippen molar-refractivity contribution in [3.63, 3.8) is 0 Å². The molecule has 0 fully saturated rings. The first-order valence-corrected chi connectivity index (χ1v) is 8.01. The molecule has 1 aromatic heterocycles. The molecule has 2 nitrogen and oxygen atoms in total. The van der Waals surface area contributed by atoms with E-state index >= 15 is 0 Å². The van der Waals surface area contributed by atoms with Crippen LogP contribution in [0.3, 0.4) is 0 Å². The molecule has 0 saturated heterocycles. The van der Waals surface area contributed by atoms with Crippen molar-refractivity contribution in [2.24, 2.45) is 0 Å². The summed E-state index contributed by atoms with van der Waals surface area (Å²) in [4.78, 5) is 1.07. The highest BCUT2D eigenvalue weighted by Gasteiger charge is 2.23. The van der Waals surface area contributed by atoms with Crippen molar-refractivity contribution in [2.75, 3.05) is 13.7 Å². The minimum atomic E-state index is -0.252. The SMILES string of the molecule is CCNC(c1cc(C)c(Br)s1)c1c(F)cccc1OC. The Morgan fingerprint density at radius 1 is 1.45 bits per heavy atom. The van der Waals surface area contributed by atoms with Gasteiger partial charge >= 0.3 is 0 Å². The molecular formula is C15H17BrFNOS. The van der Waals surface area contributed by atoms with Gasteiger partial charge in [0.25, 0.3) is 0 Å². The lowest BCUT2D eigenvalue weighted by Crippen LogP contribution is -2.22. The molecule has 0 spiro atoms. The number of methoxy groups -OCH3 is 1. The van der Waals surface area contributed by atoms with E-state index in [1.807, 2.05) is 13.8 Å². The maximum Gasteiger partial charge on any atom is 0.132 e. The van der Waals surface area contributed by atoms with Crippen LogP contribution in [-0.2, 0) is 0 Å². The van der Waals surface area contributed by atoms with Crippen molar-refractivity contribution >= 4 is 27.3 Å². The molecule has 20 heavy (non-hydrogen) atoms. The van der Waals surface area contributed by atoms with E-state index < -0.39 is 0 Å². The zero-order chi connectivity index (χ0) is 14.7. The van der Waals surface area contributed by atoms with Crippen molar-refractivity contribution in [1.29, 1.82) is 0 Å². The van der Waals surface area contributed by atoms with Crippen molar-refractivity contribution in [3.05, 3.63) is 49.9 Å². The number of hydrogen-bond donors (Lipinski definition) is 1. The number of hydrogen-bond acceptors (Lipinski definition) is 3. The van der Waals surface area contributed by atoms with Crippen molar-refractivity contribution < 1.29 is 9.13 Å². The fourth-order valence-corrected chi connectivity index (χ4v) is 3.81. The highest BCUT2D eigenvalue weighted by molar-refractivity contribution is 9.11. The highest BCUT2D eigenvalue weighted by Crippen LogP contribution is 2.38. The number of thiophene rings is 1. The first-order chi connectivity index (χ1) is 9.58. The zero-order valence-electron chi connectivity index (χ0n) is 11.7. The van der Waals surface area contributed by atoms with E-state index in [1.165, 1.54) is 6.07 Å². The fourth-order valence-electron chi connectivity index (χ4n) is 2.15. The van der Waals surface area contributed by atoms with Crippen LogP contribution in [0.25, 0.3) is 0 Å². The second kappa shape index (κ2) is 6.70. The molecule has 0 aliphatic heterocycles. The van der Waals surface area contributed by atoms with Crippen LogP contribution in [0.4, 0.5) is 4.39 Å². The first-order valence-electron chi connectivity index (χ1n) is 6.40. The number of rotatable bonds is 5. The molecule has 2 rings (SSSR count). The number of nitrogens with one attached hydrogen (secondary N) is 1. The van der Waals surface area contributed by atoms with Gasteiger partial charge in [0.1, 0.15) is 11.6 Å². The summed E-state index contributed by atoms with van der Waals surface area (Å²) in [6.07, 6.45) is 0. The van der Waals surface area contributed by atoms with Crippen LogP contribution in [-0.4, -0.2) is 13.7 Å². The lowest BCUT2D eigenvalue weighted by molar-refractivity contribution is 0.398. The molecule has 0 saturated carbocycles. The van der Waals surface area contributed by atoms with Crippen LogP contribution < -0.4 is 10.1 Å². The predicted molar refractivity (Wildman–Crippen MR) is 85.2 cm³/mol. The molecule has 1 heterocycles. The Hall–Kier alpha value is -0.910. The largest absolute Gasteiger partial charge is 0.496 e. The molecule has 108 valence electrons. The van der Waals surface area contributed by atoms with Gasteiger partial charge < -0.3 is 10.1 Å². The average molecular weight is 358 g/mol. The van der Waals surface area contributed by atoms with Crippen molar-refractivity contribution in [3.8, 4) is 5.75 Å². The van der Waals surface area contributed by atoms with Gasteiger partial charge in [0.2, 0.25) is 0 Å². The molecule has 0 bridgehead atoms. The summed E-state index contributed by atoms with van der Waals surface area (Å²) in [5.74, 6) is 0.315. The van der Waals surface area contributed by atoms with Crippen molar-refractivity contribution in [1.82, 2.24) is 5.32 Å². The smallest absolute Gasteiger partial charge is 0.132 e. The Labute approximate surface area is 131 Å². The maximum absolute atomic E-state index is 14.3. The van der Waals surface area contributed by atoms with Gasteiger partial charge in [-0.1, -0.05) is 13.0 Å². The number of benzene rings is 1. The van der Waals surface area contributed by atoms with Gasteiger partial charge in [0, 0.05) is 4.88 Å². The summed E-state index contributed by atoms with van der Waals surface area (Å²) in [6.45, 7) is 4.79. The van der Waals surface area contributed by atoms with Crippen LogP contribution >= 0.6 is 27.3 Å². The minimum Gasteiger partial charge on any atom is -0.496 e. The summed E-state index contributed by atoms with van der Waals surface area (Å²) < 4.78 is 20.7. The Kier molecular flexibility index (Phi) is 5.18. The van der Waals surface area contributed by atoms with Crippen molar-refractivity contribution in [2.45, 2.75) is 19.9 Å². The fraction of sp³-hybridized carbons (Fsp3) is 0.333. The normalized spacial score (nSPS) is 12.4. The third kappa shape index (κ3) is 3.05. The van der Waals surface area contributed by atoms with Crippen LogP contribution in [0.2, 0.25) is 0 Å². The van der Waals surface area contributed by atoms with E-state index in [0.717, 1.165) is 20.8 Å². The average Bonchev–Trinajstić information content (AvgIpc) is 2.76. The topological polar surface area (TPSA) is 21.3 Å². The molecule has 1 unspecified atom stereocenters. The molecule has 0 aliphatic carbocycles. The van der Waals surface area contributed by atoms with Gasteiger partial charge in [-0.15, -0.1) is 11.3 Å². The standard InChI is InChI=1S/C15H17BrFNOS/c1-4-18-14(12-8-9(2)15(16)20-12)13-10(17)6-5-7-11(13)19-3/h5-8,14,18H,4H2,1-3H3. The van der Waals surface area contributed by atoms with E-state index in [1.54, 1.807) is 30.6 Å². The van der Waals surface area contributed by atoms with Gasteiger partial charge in [0.05, 0.1) is 22.5 Å². The molecule has 5 heteroatoms. The van der Waals surface area contributed by atoms with Crippen LogP contribution in [0.1, 0.15) is 29.0 Å². The zero-order valence-corrected chi connectivity index (χ0v) is 14.1. The van der Waals surface area contributed by atoms with Gasteiger partial charge in [0.15, 0.2) is 0 Å². The molecule has 0 radical (unpaired) electrons. The van der Waals surface area contributed by atoms with E-state index in [4.69, 9.17) is 4.74 Å². The number of aryl methyl sites for hydroxylation is 1. The molecular weight excluding hydrogens is 341 g/mol. The molecule has 1 N–H and O–H groups in total. The van der Waals surface area contributed by atoms with E-state index in [9.17, 15) is 4.39 Å². The van der Waals surface area contributed by atoms with Crippen LogP contribution in [0.5, 0.6) is 5.75 Å². The molecule has 1 atom stereocenters. The van der Waals surface area contributed by atoms with Gasteiger partial charge in [-0.2, -0.15) is 0 Å². The molecule has 0 aliphatic rings. The summed E-state index contributed by atoms with van der Waals surface area (Å²) in [5, 5.41) is 3.34. The summed E-state index contributed by atoms with van der Waals surface area (Å²) >= 11 is 5.14. The summed E-state index contributed by atoms with van der Waals surface area (Å²) in [7, 11) is 1.57. The third-order valence-corrected chi connectivity index (χ3v) is 5.29. The molecule has 1 aromatic carbocycles. The molecule has 2 aromatic rings. The lowest BCUT2D eigenvalue weighted by Gasteiger charge is -2.20. The van der Waals surface area contributed by atoms with Crippen LogP contribution in [0, 0.1) is 12.7 Å². The Balaban J connectivity index is 2.53. The second-order valence-electron chi connectivity index (χ2n) is 4.45. The maximum atomic E-state index is 14.3. The Morgan fingerprint density at radius 2 is 2.20 bits per heavy atom. The number of ether oxygens (including phenoxy) is 1. The quantitative estimate of drug-likeness (QED) is 0.839. The highest BCUT2D eigenvalue weighted by atomic mass is 79.9. The van der Waals surface area contributed by atoms with Gasteiger partial charge in [-0.05, 0) is 53.2 Å².